The minimum absolute atomic E-state index is 0.0672. The highest BCUT2D eigenvalue weighted by molar-refractivity contribution is 9.11. The lowest BCUT2D eigenvalue weighted by molar-refractivity contribution is -0.132. The lowest BCUT2D eigenvalue weighted by Crippen LogP contribution is -2.48. The van der Waals surface area contributed by atoms with Crippen molar-refractivity contribution in [3.05, 3.63) is 27.1 Å². The monoisotopic (exact) mass is 471 g/mol. The summed E-state index contributed by atoms with van der Waals surface area (Å²) in [7, 11) is 0. The fraction of sp³-hybridized carbons (Fsp3) is 0.471. The fourth-order valence-electron chi connectivity index (χ4n) is 3.39. The molecule has 1 heterocycles. The molecular formula is C17H19Br2N3O3. The summed E-state index contributed by atoms with van der Waals surface area (Å²) in [5, 5.41) is 5.64. The summed E-state index contributed by atoms with van der Waals surface area (Å²) in [5.74, 6) is -0.428. The van der Waals surface area contributed by atoms with Crippen molar-refractivity contribution in [2.45, 2.75) is 44.1 Å². The maximum absolute atomic E-state index is 12.7. The third-order valence-corrected chi connectivity index (χ3v) is 5.87. The van der Waals surface area contributed by atoms with Crippen LogP contribution in [-0.4, -0.2) is 34.8 Å². The average molecular weight is 473 g/mol. The summed E-state index contributed by atoms with van der Waals surface area (Å²) in [4.78, 5) is 38.2. The Hall–Kier alpha value is -1.41. The minimum atomic E-state index is -0.736. The maximum Gasteiger partial charge on any atom is 0.325 e. The van der Waals surface area contributed by atoms with Crippen LogP contribution in [0.4, 0.5) is 10.5 Å². The summed E-state index contributed by atoms with van der Waals surface area (Å²) in [5.41, 5.74) is -0.0882. The number of rotatable bonds is 4. The van der Waals surface area contributed by atoms with Gasteiger partial charge in [-0.3, -0.25) is 14.5 Å². The van der Waals surface area contributed by atoms with Gasteiger partial charge in [0.1, 0.15) is 5.54 Å². The lowest BCUT2D eigenvalue weighted by atomic mass is 9.82. The molecule has 1 aliphatic carbocycles. The first-order valence-electron chi connectivity index (χ1n) is 8.30. The van der Waals surface area contributed by atoms with Gasteiger partial charge in [-0.2, -0.15) is 0 Å². The van der Waals surface area contributed by atoms with E-state index in [0.717, 1.165) is 28.2 Å². The van der Waals surface area contributed by atoms with Crippen LogP contribution in [0, 0.1) is 0 Å². The molecule has 8 heteroatoms. The molecule has 0 unspecified atom stereocenters. The van der Waals surface area contributed by atoms with Gasteiger partial charge in [0.05, 0.1) is 5.69 Å². The van der Waals surface area contributed by atoms with Crippen LogP contribution in [0.15, 0.2) is 27.1 Å². The normalized spacial score (nSPS) is 19.2. The van der Waals surface area contributed by atoms with Crippen LogP contribution in [-0.2, 0) is 9.59 Å². The Morgan fingerprint density at radius 1 is 1.20 bits per heavy atom. The molecule has 6 nitrogen and oxygen atoms in total. The zero-order chi connectivity index (χ0) is 18.0. The Morgan fingerprint density at radius 3 is 2.60 bits per heavy atom. The van der Waals surface area contributed by atoms with E-state index in [9.17, 15) is 14.4 Å². The van der Waals surface area contributed by atoms with Crippen molar-refractivity contribution < 1.29 is 14.4 Å². The molecule has 0 radical (unpaired) electrons. The number of amides is 4. The second-order valence-corrected chi connectivity index (χ2v) is 8.22. The molecule has 2 N–H and O–H groups in total. The van der Waals surface area contributed by atoms with Gasteiger partial charge in [-0.05, 0) is 47.0 Å². The molecular weight excluding hydrogens is 454 g/mol. The summed E-state index contributed by atoms with van der Waals surface area (Å²) >= 11 is 6.74. The number of nitrogens with zero attached hydrogens (tertiary/aromatic N) is 1. The first-order chi connectivity index (χ1) is 11.9. The molecule has 4 amide bonds. The second kappa shape index (κ2) is 7.45. The summed E-state index contributed by atoms with van der Waals surface area (Å²) in [6.07, 6.45) is 4.42. The zero-order valence-corrected chi connectivity index (χ0v) is 16.8. The van der Waals surface area contributed by atoms with Crippen LogP contribution in [0.5, 0.6) is 0 Å². The van der Waals surface area contributed by atoms with Crippen molar-refractivity contribution in [1.82, 2.24) is 10.2 Å². The predicted molar refractivity (Wildman–Crippen MR) is 101 cm³/mol. The molecule has 1 aromatic rings. The Morgan fingerprint density at radius 2 is 1.92 bits per heavy atom. The predicted octanol–water partition coefficient (Wildman–Crippen LogP) is 3.79. The van der Waals surface area contributed by atoms with Crippen LogP contribution >= 0.6 is 31.9 Å². The number of halogens is 2. The lowest BCUT2D eigenvalue weighted by Gasteiger charge is -2.30. The smallest absolute Gasteiger partial charge is 0.325 e. The molecule has 1 aliphatic heterocycles. The minimum Gasteiger partial charge on any atom is -0.325 e. The van der Waals surface area contributed by atoms with Crippen LogP contribution < -0.4 is 10.6 Å². The Kier molecular flexibility index (Phi) is 5.48. The van der Waals surface area contributed by atoms with E-state index < -0.39 is 5.54 Å². The van der Waals surface area contributed by atoms with E-state index in [4.69, 9.17) is 0 Å². The number of hydrogen-bond donors (Lipinski definition) is 2. The molecule has 3 rings (SSSR count). The molecule has 1 spiro atoms. The number of carbonyl (C=O) groups excluding carboxylic acids is 3. The maximum atomic E-state index is 12.7. The van der Waals surface area contributed by atoms with Crippen molar-refractivity contribution in [2.75, 3.05) is 11.9 Å². The zero-order valence-electron chi connectivity index (χ0n) is 13.6. The molecule has 134 valence electrons. The van der Waals surface area contributed by atoms with Gasteiger partial charge >= 0.3 is 6.03 Å². The van der Waals surface area contributed by atoms with Crippen molar-refractivity contribution in [2.24, 2.45) is 0 Å². The number of benzene rings is 1. The third-order valence-electron chi connectivity index (χ3n) is 4.72. The average Bonchev–Trinajstić information content (AvgIpc) is 2.79. The SMILES string of the molecule is O=C(CCN1C(=O)NC2(CCCCC2)C1=O)Nc1ccc(Br)cc1Br. The van der Waals surface area contributed by atoms with Crippen LogP contribution in [0.3, 0.4) is 0 Å². The molecule has 1 saturated heterocycles. The van der Waals surface area contributed by atoms with Crippen molar-refractivity contribution >= 4 is 55.4 Å². The highest BCUT2D eigenvalue weighted by Gasteiger charge is 2.50. The van der Waals surface area contributed by atoms with Crippen LogP contribution in [0.1, 0.15) is 38.5 Å². The highest BCUT2D eigenvalue weighted by atomic mass is 79.9. The number of urea groups is 1. The van der Waals surface area contributed by atoms with Gasteiger partial charge < -0.3 is 10.6 Å². The summed E-state index contributed by atoms with van der Waals surface area (Å²) in [6.45, 7) is 0.0897. The van der Waals surface area contributed by atoms with Crippen LogP contribution in [0.25, 0.3) is 0 Å². The number of hydrogen-bond acceptors (Lipinski definition) is 3. The van der Waals surface area contributed by atoms with E-state index in [-0.39, 0.29) is 30.8 Å². The number of imide groups is 1. The van der Waals surface area contributed by atoms with E-state index in [1.807, 2.05) is 12.1 Å². The van der Waals surface area contributed by atoms with Gasteiger partial charge in [0.15, 0.2) is 0 Å². The second-order valence-electron chi connectivity index (χ2n) is 6.45. The van der Waals surface area contributed by atoms with Crippen molar-refractivity contribution in [3.63, 3.8) is 0 Å². The summed E-state index contributed by atoms with van der Waals surface area (Å²) < 4.78 is 1.65. The Bertz CT molecular complexity index is 717. The standard InChI is InChI=1S/C17H19Br2N3O3/c18-11-4-5-13(12(19)10-11)20-14(23)6-9-22-15(24)17(21-16(22)25)7-2-1-3-8-17/h4-5,10H,1-3,6-9H2,(H,20,23)(H,21,25). The fourth-order valence-corrected chi connectivity index (χ4v) is 4.54. The third kappa shape index (κ3) is 3.89. The van der Waals surface area contributed by atoms with Gasteiger partial charge in [0.2, 0.25) is 5.91 Å². The van der Waals surface area contributed by atoms with E-state index in [1.54, 1.807) is 6.07 Å². The van der Waals surface area contributed by atoms with Gasteiger partial charge in [-0.15, -0.1) is 0 Å². The molecule has 2 aliphatic rings. The molecule has 0 bridgehead atoms. The van der Waals surface area contributed by atoms with Gasteiger partial charge in [-0.1, -0.05) is 35.2 Å². The van der Waals surface area contributed by atoms with E-state index in [2.05, 4.69) is 42.5 Å². The molecule has 0 aromatic heterocycles. The largest absolute Gasteiger partial charge is 0.325 e. The first kappa shape index (κ1) is 18.4. The van der Waals surface area contributed by atoms with Crippen molar-refractivity contribution in [3.8, 4) is 0 Å². The summed E-state index contributed by atoms with van der Waals surface area (Å²) in [6, 6.07) is 5.05. The topological polar surface area (TPSA) is 78.5 Å². The quantitative estimate of drug-likeness (QED) is 0.654. The number of nitrogens with one attached hydrogen (secondary N) is 2. The Balaban J connectivity index is 1.58. The molecule has 2 fully saturated rings. The van der Waals surface area contributed by atoms with Gasteiger partial charge in [-0.25, -0.2) is 4.79 Å². The van der Waals surface area contributed by atoms with Gasteiger partial charge in [0.25, 0.3) is 5.91 Å². The van der Waals surface area contributed by atoms with Gasteiger partial charge in [0, 0.05) is 21.9 Å². The molecule has 1 aromatic carbocycles. The van der Waals surface area contributed by atoms with E-state index in [1.165, 1.54) is 4.90 Å². The van der Waals surface area contributed by atoms with E-state index in [0.29, 0.717) is 18.5 Å². The number of anilines is 1. The van der Waals surface area contributed by atoms with E-state index >= 15 is 0 Å². The molecule has 1 saturated carbocycles. The van der Waals surface area contributed by atoms with Crippen LogP contribution in [0.2, 0.25) is 0 Å². The highest BCUT2D eigenvalue weighted by Crippen LogP contribution is 2.33. The Labute approximate surface area is 163 Å². The number of carbonyl (C=O) groups is 3. The molecule has 0 atom stereocenters. The molecule has 25 heavy (non-hydrogen) atoms. The van der Waals surface area contributed by atoms with Crippen molar-refractivity contribution in [1.29, 1.82) is 0 Å². The first-order valence-corrected chi connectivity index (χ1v) is 9.89.